The van der Waals surface area contributed by atoms with Gasteiger partial charge in [-0.3, -0.25) is 20.2 Å². The predicted molar refractivity (Wildman–Crippen MR) is 91.6 cm³/mol. The fourth-order valence-corrected chi connectivity index (χ4v) is 2.93. The van der Waals surface area contributed by atoms with Crippen LogP contribution >= 0.6 is 11.3 Å². The molecule has 0 saturated carbocycles. The van der Waals surface area contributed by atoms with Crippen molar-refractivity contribution in [3.8, 4) is 11.8 Å². The molecule has 3 aromatic rings. The smallest absolute Gasteiger partial charge is 0.270 e. The number of anilines is 1. The van der Waals surface area contributed by atoms with E-state index in [1.807, 2.05) is 6.07 Å². The number of rotatable bonds is 5. The minimum Gasteiger partial charge on any atom is -0.484 e. The summed E-state index contributed by atoms with van der Waals surface area (Å²) in [6, 6.07) is 12.7. The molecule has 0 saturated heterocycles. The van der Waals surface area contributed by atoms with Crippen LogP contribution in [0.5, 0.6) is 5.75 Å². The number of carbonyl (C=O) groups excluding carboxylic acids is 1. The van der Waals surface area contributed by atoms with E-state index in [0.717, 1.165) is 11.3 Å². The molecule has 0 fully saturated rings. The van der Waals surface area contributed by atoms with Gasteiger partial charge in [-0.25, -0.2) is 4.98 Å². The Kier molecular flexibility index (Phi) is 4.54. The summed E-state index contributed by atoms with van der Waals surface area (Å²) < 4.78 is 5.94. The average Bonchev–Trinajstić information content (AvgIpc) is 3.01. The molecule has 0 aliphatic carbocycles. The van der Waals surface area contributed by atoms with Gasteiger partial charge in [0.2, 0.25) is 0 Å². The van der Waals surface area contributed by atoms with Gasteiger partial charge < -0.3 is 4.74 Å². The van der Waals surface area contributed by atoms with Crippen molar-refractivity contribution in [3.63, 3.8) is 0 Å². The lowest BCUT2D eigenvalue weighted by molar-refractivity contribution is -0.384. The van der Waals surface area contributed by atoms with Crippen molar-refractivity contribution in [1.82, 2.24) is 4.98 Å². The van der Waals surface area contributed by atoms with Gasteiger partial charge in [-0.2, -0.15) is 5.26 Å². The zero-order valence-electron chi connectivity index (χ0n) is 12.6. The van der Waals surface area contributed by atoms with Gasteiger partial charge in [-0.05, 0) is 30.3 Å². The van der Waals surface area contributed by atoms with Crippen LogP contribution in [0.2, 0.25) is 0 Å². The first-order valence-corrected chi connectivity index (χ1v) is 7.84. The molecule has 0 atom stereocenters. The first-order valence-electron chi connectivity index (χ1n) is 7.03. The van der Waals surface area contributed by atoms with E-state index in [-0.39, 0.29) is 12.3 Å². The third-order valence-corrected chi connectivity index (χ3v) is 4.12. The summed E-state index contributed by atoms with van der Waals surface area (Å²) >= 11 is 1.14. The van der Waals surface area contributed by atoms with Crippen LogP contribution in [0, 0.1) is 21.4 Å². The highest BCUT2D eigenvalue weighted by atomic mass is 32.1. The summed E-state index contributed by atoms with van der Waals surface area (Å²) in [6.07, 6.45) is 0. The van der Waals surface area contributed by atoms with Crippen LogP contribution < -0.4 is 10.1 Å². The number of nitro groups is 1. The fraction of sp³-hybridized carbons (Fsp3) is 0.0625. The van der Waals surface area contributed by atoms with Gasteiger partial charge in [0.15, 0.2) is 11.7 Å². The normalized spacial score (nSPS) is 10.2. The largest absolute Gasteiger partial charge is 0.484 e. The molecule has 0 aliphatic heterocycles. The maximum absolute atomic E-state index is 11.9. The van der Waals surface area contributed by atoms with Gasteiger partial charge in [-0.1, -0.05) is 11.3 Å². The maximum Gasteiger partial charge on any atom is 0.270 e. The van der Waals surface area contributed by atoms with Crippen LogP contribution in [0.4, 0.5) is 10.8 Å². The van der Waals surface area contributed by atoms with Crippen molar-refractivity contribution in [1.29, 1.82) is 5.26 Å². The van der Waals surface area contributed by atoms with E-state index in [9.17, 15) is 14.9 Å². The molecule has 0 unspecified atom stereocenters. The SMILES string of the molecule is N#Cc1ccc(OCC(=O)Nc2nc3ccc([N+](=O)[O-])cc3s2)cc1. The third kappa shape index (κ3) is 3.88. The molecule has 0 spiro atoms. The predicted octanol–water partition coefficient (Wildman–Crippen LogP) is 3.09. The Bertz CT molecular complexity index is 992. The van der Waals surface area contributed by atoms with Gasteiger partial charge in [-0.15, -0.1) is 0 Å². The second-order valence-corrected chi connectivity index (χ2v) is 5.93. The molecule has 1 aromatic heterocycles. The van der Waals surface area contributed by atoms with Crippen molar-refractivity contribution in [3.05, 3.63) is 58.1 Å². The molecule has 8 nitrogen and oxygen atoms in total. The molecular weight excluding hydrogens is 344 g/mol. The zero-order valence-corrected chi connectivity index (χ0v) is 13.4. The number of nitrogens with zero attached hydrogens (tertiary/aromatic N) is 3. The Hall–Kier alpha value is -3.51. The average molecular weight is 354 g/mol. The minimum atomic E-state index is -0.483. The number of hydrogen-bond acceptors (Lipinski definition) is 7. The summed E-state index contributed by atoms with van der Waals surface area (Å²) in [5, 5.41) is 22.4. The Balaban J connectivity index is 1.63. The molecular formula is C16H10N4O4S. The number of thiazole rings is 1. The summed E-state index contributed by atoms with van der Waals surface area (Å²) in [5.74, 6) is 0.0620. The molecule has 1 amide bonds. The van der Waals surface area contributed by atoms with Crippen molar-refractivity contribution in [2.24, 2.45) is 0 Å². The summed E-state index contributed by atoms with van der Waals surface area (Å²) in [7, 11) is 0. The number of ether oxygens (including phenoxy) is 1. The fourth-order valence-electron chi connectivity index (χ4n) is 2.01. The van der Waals surface area contributed by atoms with E-state index < -0.39 is 10.8 Å². The topological polar surface area (TPSA) is 118 Å². The molecule has 1 heterocycles. The molecule has 1 N–H and O–H groups in total. The second kappa shape index (κ2) is 6.94. The van der Waals surface area contributed by atoms with Crippen LogP contribution in [0.1, 0.15) is 5.56 Å². The monoisotopic (exact) mass is 354 g/mol. The molecule has 0 aliphatic rings. The van der Waals surface area contributed by atoms with Gasteiger partial charge >= 0.3 is 0 Å². The van der Waals surface area contributed by atoms with E-state index in [4.69, 9.17) is 10.00 Å². The molecule has 0 radical (unpaired) electrons. The standard InChI is InChI=1S/C16H10N4O4S/c17-8-10-1-4-12(5-2-10)24-9-15(21)19-16-18-13-6-3-11(20(22)23)7-14(13)25-16/h1-7H,9H2,(H,18,19,21). The highest BCUT2D eigenvalue weighted by molar-refractivity contribution is 7.22. The van der Waals surface area contributed by atoms with Gasteiger partial charge in [0, 0.05) is 12.1 Å². The lowest BCUT2D eigenvalue weighted by Crippen LogP contribution is -2.19. The number of non-ortho nitro benzene ring substituents is 1. The molecule has 9 heteroatoms. The Morgan fingerprint density at radius 1 is 1.32 bits per heavy atom. The quantitative estimate of drug-likeness (QED) is 0.555. The number of benzene rings is 2. The molecule has 0 bridgehead atoms. The number of nitro benzene ring substituents is 1. The first-order chi connectivity index (χ1) is 12.0. The van der Waals surface area contributed by atoms with E-state index in [1.165, 1.54) is 18.2 Å². The summed E-state index contributed by atoms with van der Waals surface area (Å²) in [5.41, 5.74) is 1.04. The van der Waals surface area contributed by atoms with E-state index in [0.29, 0.717) is 26.7 Å². The number of nitriles is 1. The van der Waals surface area contributed by atoms with E-state index in [2.05, 4.69) is 10.3 Å². The van der Waals surface area contributed by atoms with Gasteiger partial charge in [0.25, 0.3) is 11.6 Å². The third-order valence-electron chi connectivity index (χ3n) is 3.18. The summed E-state index contributed by atoms with van der Waals surface area (Å²) in [6.45, 7) is -0.220. The molecule has 2 aromatic carbocycles. The highest BCUT2D eigenvalue weighted by Gasteiger charge is 2.12. The van der Waals surface area contributed by atoms with Crippen molar-refractivity contribution >= 4 is 38.3 Å². The Morgan fingerprint density at radius 3 is 2.76 bits per heavy atom. The lowest BCUT2D eigenvalue weighted by Gasteiger charge is -2.05. The number of hydrogen-bond donors (Lipinski definition) is 1. The van der Waals surface area contributed by atoms with E-state index in [1.54, 1.807) is 24.3 Å². The molecule has 3 rings (SSSR count). The van der Waals surface area contributed by atoms with Crippen LogP contribution in [0.15, 0.2) is 42.5 Å². The molecule has 124 valence electrons. The van der Waals surface area contributed by atoms with Gasteiger partial charge in [0.05, 0.1) is 26.8 Å². The second-order valence-electron chi connectivity index (χ2n) is 4.90. The van der Waals surface area contributed by atoms with Crippen molar-refractivity contribution < 1.29 is 14.5 Å². The van der Waals surface area contributed by atoms with Gasteiger partial charge in [0.1, 0.15) is 5.75 Å². The van der Waals surface area contributed by atoms with Crippen LogP contribution in [-0.2, 0) is 4.79 Å². The maximum atomic E-state index is 11.9. The number of fused-ring (bicyclic) bond motifs is 1. The highest BCUT2D eigenvalue weighted by Crippen LogP contribution is 2.29. The molecule has 25 heavy (non-hydrogen) atoms. The summed E-state index contributed by atoms with van der Waals surface area (Å²) in [4.78, 5) is 26.4. The first kappa shape index (κ1) is 16.4. The van der Waals surface area contributed by atoms with Crippen molar-refractivity contribution in [2.45, 2.75) is 0 Å². The number of aromatic nitrogens is 1. The van der Waals surface area contributed by atoms with E-state index >= 15 is 0 Å². The van der Waals surface area contributed by atoms with Crippen molar-refractivity contribution in [2.75, 3.05) is 11.9 Å². The Labute approximate surface area is 145 Å². The number of carbonyl (C=O) groups is 1. The minimum absolute atomic E-state index is 0.0295. The lowest BCUT2D eigenvalue weighted by atomic mass is 10.2. The zero-order chi connectivity index (χ0) is 17.8. The number of amides is 1. The Morgan fingerprint density at radius 2 is 2.08 bits per heavy atom. The van der Waals surface area contributed by atoms with Crippen LogP contribution in [0.3, 0.4) is 0 Å². The van der Waals surface area contributed by atoms with Crippen LogP contribution in [0.25, 0.3) is 10.2 Å². The number of nitrogens with one attached hydrogen (secondary N) is 1. The van der Waals surface area contributed by atoms with Crippen LogP contribution in [-0.4, -0.2) is 22.4 Å².